The molecule has 1 aliphatic rings. The third-order valence-electron chi connectivity index (χ3n) is 3.58. The van der Waals surface area contributed by atoms with Gasteiger partial charge in [-0.15, -0.1) is 23.1 Å². The summed E-state index contributed by atoms with van der Waals surface area (Å²) in [5.41, 5.74) is 6.76. The van der Waals surface area contributed by atoms with Crippen LogP contribution in [-0.4, -0.2) is 24.2 Å². The lowest BCUT2D eigenvalue weighted by molar-refractivity contribution is 0.0956. The zero-order chi connectivity index (χ0) is 14.9. The number of hydrogen-bond donors (Lipinski definition) is 3. The van der Waals surface area contributed by atoms with Crippen molar-refractivity contribution < 1.29 is 4.79 Å². The summed E-state index contributed by atoms with van der Waals surface area (Å²) in [6.07, 6.45) is 4.16. The van der Waals surface area contributed by atoms with Crippen molar-refractivity contribution in [3.05, 3.63) is 4.88 Å². The van der Waals surface area contributed by atoms with Crippen LogP contribution in [0.15, 0.2) is 4.90 Å². The van der Waals surface area contributed by atoms with Crippen molar-refractivity contribution in [3.8, 4) is 0 Å². The summed E-state index contributed by atoms with van der Waals surface area (Å²) >= 11 is 3.06. The minimum absolute atomic E-state index is 0.0319. The standard InChI is InChI=1S/C14H23N3OS2/c1-7(2)8(3)16-14-12(19-4)10(15)11(20-14)13(18)17-9-5-6-9/h7-9,16H,5-6,15H2,1-4H3,(H,17,18). The molecule has 0 radical (unpaired) electrons. The predicted molar refractivity (Wildman–Crippen MR) is 88.9 cm³/mol. The van der Waals surface area contributed by atoms with Crippen molar-refractivity contribution in [2.45, 2.75) is 50.6 Å². The summed E-state index contributed by atoms with van der Waals surface area (Å²) in [6, 6.07) is 0.700. The van der Waals surface area contributed by atoms with Crippen LogP contribution in [0.4, 0.5) is 10.7 Å². The highest BCUT2D eigenvalue weighted by Crippen LogP contribution is 2.42. The largest absolute Gasteiger partial charge is 0.396 e. The van der Waals surface area contributed by atoms with E-state index in [0.717, 1.165) is 22.7 Å². The number of anilines is 2. The molecule has 4 nitrogen and oxygen atoms in total. The van der Waals surface area contributed by atoms with E-state index < -0.39 is 0 Å². The summed E-state index contributed by atoms with van der Waals surface area (Å²) in [5, 5.41) is 7.50. The van der Waals surface area contributed by atoms with Crippen LogP contribution in [0.5, 0.6) is 0 Å². The molecule has 20 heavy (non-hydrogen) atoms. The first-order valence-electron chi connectivity index (χ1n) is 6.97. The molecule has 0 bridgehead atoms. The van der Waals surface area contributed by atoms with E-state index in [-0.39, 0.29) is 5.91 Å². The average molecular weight is 313 g/mol. The van der Waals surface area contributed by atoms with E-state index in [9.17, 15) is 4.79 Å². The average Bonchev–Trinajstić information content (AvgIpc) is 3.13. The second kappa shape index (κ2) is 6.26. The zero-order valence-electron chi connectivity index (χ0n) is 12.4. The highest BCUT2D eigenvalue weighted by atomic mass is 32.2. The van der Waals surface area contributed by atoms with Crippen LogP contribution < -0.4 is 16.4 Å². The normalized spacial score (nSPS) is 16.2. The fourth-order valence-corrected chi connectivity index (χ4v) is 3.77. The Balaban J connectivity index is 2.20. The van der Waals surface area contributed by atoms with Gasteiger partial charge in [-0.1, -0.05) is 13.8 Å². The number of carbonyl (C=O) groups is 1. The number of nitrogen functional groups attached to an aromatic ring is 1. The number of amides is 1. The fraction of sp³-hybridized carbons (Fsp3) is 0.643. The molecule has 6 heteroatoms. The van der Waals surface area contributed by atoms with Gasteiger partial charge in [0.15, 0.2) is 0 Å². The van der Waals surface area contributed by atoms with Crippen LogP contribution in [0.2, 0.25) is 0 Å². The van der Waals surface area contributed by atoms with Gasteiger partial charge in [-0.25, -0.2) is 0 Å². The van der Waals surface area contributed by atoms with E-state index in [0.29, 0.717) is 28.6 Å². The molecule has 0 aliphatic heterocycles. The molecular formula is C14H23N3OS2. The Labute approximate surface area is 128 Å². The number of nitrogens with two attached hydrogens (primary N) is 1. The van der Waals surface area contributed by atoms with Gasteiger partial charge in [0.05, 0.1) is 10.6 Å². The van der Waals surface area contributed by atoms with Crippen LogP contribution in [-0.2, 0) is 0 Å². The van der Waals surface area contributed by atoms with Crippen LogP contribution in [0, 0.1) is 5.92 Å². The lowest BCUT2D eigenvalue weighted by Crippen LogP contribution is -2.25. The smallest absolute Gasteiger partial charge is 0.263 e. The van der Waals surface area contributed by atoms with Crippen LogP contribution in [0.1, 0.15) is 43.3 Å². The molecule has 112 valence electrons. The van der Waals surface area contributed by atoms with Crippen molar-refractivity contribution in [3.63, 3.8) is 0 Å². The number of thioether (sulfide) groups is 1. The first-order valence-corrected chi connectivity index (χ1v) is 9.01. The van der Waals surface area contributed by atoms with Gasteiger partial charge in [0.1, 0.15) is 9.88 Å². The molecule has 1 aromatic rings. The molecule has 1 aliphatic carbocycles. The topological polar surface area (TPSA) is 67.2 Å². The minimum atomic E-state index is -0.0319. The Morgan fingerprint density at radius 2 is 2.05 bits per heavy atom. The molecule has 1 unspecified atom stereocenters. The molecule has 4 N–H and O–H groups in total. The molecule has 2 rings (SSSR count). The highest BCUT2D eigenvalue weighted by molar-refractivity contribution is 7.99. The molecule has 1 atom stereocenters. The molecule has 1 heterocycles. The number of rotatable bonds is 6. The first kappa shape index (κ1) is 15.5. The molecule has 1 aromatic heterocycles. The van der Waals surface area contributed by atoms with Crippen LogP contribution >= 0.6 is 23.1 Å². The number of thiophene rings is 1. The number of nitrogens with one attached hydrogen (secondary N) is 2. The Morgan fingerprint density at radius 1 is 1.40 bits per heavy atom. The van der Waals surface area contributed by atoms with E-state index in [1.165, 1.54) is 11.3 Å². The van der Waals surface area contributed by atoms with Gasteiger partial charge < -0.3 is 16.4 Å². The molecule has 1 saturated carbocycles. The monoisotopic (exact) mass is 313 g/mol. The quantitative estimate of drug-likeness (QED) is 0.704. The fourth-order valence-electron chi connectivity index (χ4n) is 1.75. The third-order valence-corrected chi connectivity index (χ3v) is 5.68. The molecule has 0 aromatic carbocycles. The van der Waals surface area contributed by atoms with Crippen LogP contribution in [0.3, 0.4) is 0 Å². The molecular weight excluding hydrogens is 290 g/mol. The van der Waals surface area contributed by atoms with Crippen molar-refractivity contribution in [2.75, 3.05) is 17.3 Å². The van der Waals surface area contributed by atoms with E-state index in [2.05, 4.69) is 31.4 Å². The summed E-state index contributed by atoms with van der Waals surface area (Å²) in [7, 11) is 0. The predicted octanol–water partition coefficient (Wildman–Crippen LogP) is 3.40. The summed E-state index contributed by atoms with van der Waals surface area (Å²) in [5.74, 6) is 0.493. The summed E-state index contributed by atoms with van der Waals surface area (Å²) < 4.78 is 0. The number of carbonyl (C=O) groups excluding carboxylic acids is 1. The maximum atomic E-state index is 12.2. The van der Waals surface area contributed by atoms with Crippen molar-refractivity contribution in [1.82, 2.24) is 5.32 Å². The van der Waals surface area contributed by atoms with E-state index in [4.69, 9.17) is 5.73 Å². The Kier molecular flexibility index (Phi) is 4.86. The summed E-state index contributed by atoms with van der Waals surface area (Å²) in [4.78, 5) is 13.8. The Bertz CT molecular complexity index is 495. The second-order valence-electron chi connectivity index (χ2n) is 5.63. The zero-order valence-corrected chi connectivity index (χ0v) is 14.1. The van der Waals surface area contributed by atoms with Gasteiger partial charge in [-0.3, -0.25) is 4.79 Å². The summed E-state index contributed by atoms with van der Waals surface area (Å²) in [6.45, 7) is 6.50. The van der Waals surface area contributed by atoms with Gasteiger partial charge in [-0.2, -0.15) is 0 Å². The lowest BCUT2D eigenvalue weighted by atomic mass is 10.1. The third kappa shape index (κ3) is 3.41. The molecule has 1 fully saturated rings. The molecule has 0 spiro atoms. The van der Waals surface area contributed by atoms with Gasteiger partial charge >= 0.3 is 0 Å². The SMILES string of the molecule is CSc1c(NC(C)C(C)C)sc(C(=O)NC2CC2)c1N. The molecule has 0 saturated heterocycles. The van der Waals surface area contributed by atoms with Gasteiger partial charge in [0.25, 0.3) is 5.91 Å². The second-order valence-corrected chi connectivity index (χ2v) is 7.47. The highest BCUT2D eigenvalue weighted by Gasteiger charge is 2.27. The van der Waals surface area contributed by atoms with Gasteiger partial charge in [0.2, 0.25) is 0 Å². The van der Waals surface area contributed by atoms with Gasteiger partial charge in [-0.05, 0) is 31.9 Å². The van der Waals surface area contributed by atoms with Gasteiger partial charge in [0, 0.05) is 12.1 Å². The Morgan fingerprint density at radius 3 is 2.55 bits per heavy atom. The van der Waals surface area contributed by atoms with E-state index in [1.54, 1.807) is 11.8 Å². The minimum Gasteiger partial charge on any atom is -0.396 e. The maximum absolute atomic E-state index is 12.2. The van der Waals surface area contributed by atoms with E-state index >= 15 is 0 Å². The van der Waals surface area contributed by atoms with Crippen LogP contribution in [0.25, 0.3) is 0 Å². The van der Waals surface area contributed by atoms with E-state index in [1.807, 2.05) is 6.26 Å². The van der Waals surface area contributed by atoms with Crippen molar-refractivity contribution >= 4 is 39.7 Å². The Hall–Kier alpha value is -0.880. The molecule has 1 amide bonds. The van der Waals surface area contributed by atoms with Crippen molar-refractivity contribution in [1.29, 1.82) is 0 Å². The van der Waals surface area contributed by atoms with Crippen molar-refractivity contribution in [2.24, 2.45) is 5.92 Å². The number of hydrogen-bond acceptors (Lipinski definition) is 5. The lowest BCUT2D eigenvalue weighted by Gasteiger charge is -2.18. The maximum Gasteiger partial charge on any atom is 0.263 e. The first-order chi connectivity index (χ1) is 9.43.